The molecule has 8 heteroatoms. The molecule has 0 unspecified atom stereocenters. The van der Waals surface area contributed by atoms with Gasteiger partial charge in [0.25, 0.3) is 0 Å². The maximum absolute atomic E-state index is 11.2. The van der Waals surface area contributed by atoms with Crippen LogP contribution in [0.2, 0.25) is 0 Å². The number of aromatic nitrogens is 4. The molecule has 21 heavy (non-hydrogen) atoms. The van der Waals surface area contributed by atoms with Crippen molar-refractivity contribution in [1.29, 1.82) is 0 Å². The van der Waals surface area contributed by atoms with Crippen LogP contribution in [0.3, 0.4) is 0 Å². The van der Waals surface area contributed by atoms with Gasteiger partial charge in [-0.2, -0.15) is 9.61 Å². The van der Waals surface area contributed by atoms with Crippen LogP contribution in [0.4, 0.5) is 0 Å². The molecule has 0 saturated heterocycles. The zero-order chi connectivity index (χ0) is 14.7. The number of nitrogens with zero attached hydrogens (tertiary/aromatic N) is 4. The highest BCUT2D eigenvalue weighted by Gasteiger charge is 2.10. The second-order valence-electron chi connectivity index (χ2n) is 4.19. The van der Waals surface area contributed by atoms with E-state index in [4.69, 9.17) is 5.84 Å². The highest BCUT2D eigenvalue weighted by molar-refractivity contribution is 7.99. The van der Waals surface area contributed by atoms with E-state index in [0.29, 0.717) is 10.8 Å². The molecule has 0 spiro atoms. The van der Waals surface area contributed by atoms with Gasteiger partial charge in [-0.15, -0.1) is 10.2 Å². The van der Waals surface area contributed by atoms with E-state index in [0.717, 1.165) is 11.3 Å². The Bertz CT molecular complexity index is 773. The molecule has 3 aromatic rings. The van der Waals surface area contributed by atoms with Crippen molar-refractivity contribution in [3.63, 3.8) is 0 Å². The molecule has 0 aliphatic carbocycles. The smallest absolute Gasteiger partial charge is 0.244 e. The van der Waals surface area contributed by atoms with E-state index in [1.165, 1.54) is 11.8 Å². The molecule has 1 amide bonds. The van der Waals surface area contributed by atoms with Crippen LogP contribution in [0.5, 0.6) is 0 Å². The second kappa shape index (κ2) is 5.90. The van der Waals surface area contributed by atoms with E-state index in [-0.39, 0.29) is 11.7 Å². The number of hydrogen-bond acceptors (Lipinski definition) is 6. The minimum atomic E-state index is -0.282. The molecule has 2 aromatic heterocycles. The Morgan fingerprint density at radius 2 is 2.00 bits per heavy atom. The minimum absolute atomic E-state index is 0.161. The van der Waals surface area contributed by atoms with Crippen LogP contribution < -0.4 is 11.3 Å². The van der Waals surface area contributed by atoms with Gasteiger partial charge in [-0.3, -0.25) is 10.2 Å². The summed E-state index contributed by atoms with van der Waals surface area (Å²) >= 11 is 1.23. The Labute approximate surface area is 124 Å². The summed E-state index contributed by atoms with van der Waals surface area (Å²) in [6.07, 6.45) is 0. The molecule has 1 aromatic carbocycles. The van der Waals surface area contributed by atoms with Crippen molar-refractivity contribution in [3.8, 4) is 11.3 Å². The molecule has 3 rings (SSSR count). The lowest BCUT2D eigenvalue weighted by atomic mass is 10.1. The molecular formula is C13H12N6OS. The van der Waals surface area contributed by atoms with Gasteiger partial charge in [-0.1, -0.05) is 42.1 Å². The number of hydrogen-bond donors (Lipinski definition) is 2. The normalized spacial score (nSPS) is 10.7. The summed E-state index contributed by atoms with van der Waals surface area (Å²) in [5.74, 6) is 4.93. The predicted octanol–water partition coefficient (Wildman–Crippen LogP) is 0.873. The standard InChI is InChI=1S/C13H12N6OS/c14-15-12(20)8-21-13-17-16-11-7-6-10(18-19(11)13)9-4-2-1-3-5-9/h1-7H,8,14H2,(H,15,20). The number of rotatable bonds is 4. The van der Waals surface area contributed by atoms with E-state index in [2.05, 4.69) is 20.7 Å². The van der Waals surface area contributed by atoms with Gasteiger partial charge in [0, 0.05) is 5.56 Å². The topological polar surface area (TPSA) is 98.2 Å². The summed E-state index contributed by atoms with van der Waals surface area (Å²) in [7, 11) is 0. The minimum Gasteiger partial charge on any atom is -0.294 e. The van der Waals surface area contributed by atoms with Gasteiger partial charge in [0.15, 0.2) is 5.65 Å². The molecule has 2 heterocycles. The summed E-state index contributed by atoms with van der Waals surface area (Å²) in [5, 5.41) is 13.1. The van der Waals surface area contributed by atoms with Crippen LogP contribution in [0, 0.1) is 0 Å². The zero-order valence-corrected chi connectivity index (χ0v) is 11.7. The van der Waals surface area contributed by atoms with Crippen molar-refractivity contribution in [3.05, 3.63) is 42.5 Å². The van der Waals surface area contributed by atoms with E-state index in [1.54, 1.807) is 4.52 Å². The number of carbonyl (C=O) groups excluding carboxylic acids is 1. The van der Waals surface area contributed by atoms with Gasteiger partial charge in [-0.25, -0.2) is 5.84 Å². The van der Waals surface area contributed by atoms with E-state index in [9.17, 15) is 4.79 Å². The number of amides is 1. The van der Waals surface area contributed by atoms with Crippen LogP contribution >= 0.6 is 11.8 Å². The van der Waals surface area contributed by atoms with Crippen molar-refractivity contribution in [2.45, 2.75) is 5.16 Å². The fourth-order valence-corrected chi connectivity index (χ4v) is 2.49. The number of nitrogens with one attached hydrogen (secondary N) is 1. The third-order valence-electron chi connectivity index (χ3n) is 2.80. The Balaban J connectivity index is 1.94. The lowest BCUT2D eigenvalue weighted by Gasteiger charge is -2.02. The Morgan fingerprint density at radius 1 is 1.19 bits per heavy atom. The van der Waals surface area contributed by atoms with Crippen LogP contribution in [0.1, 0.15) is 0 Å². The fourth-order valence-electron chi connectivity index (χ4n) is 1.79. The summed E-state index contributed by atoms with van der Waals surface area (Å²) in [6.45, 7) is 0. The van der Waals surface area contributed by atoms with Gasteiger partial charge in [0.2, 0.25) is 11.1 Å². The summed E-state index contributed by atoms with van der Waals surface area (Å²) < 4.78 is 1.62. The van der Waals surface area contributed by atoms with Crippen LogP contribution in [-0.2, 0) is 4.79 Å². The molecule has 0 radical (unpaired) electrons. The lowest BCUT2D eigenvalue weighted by Crippen LogP contribution is -2.31. The molecule has 0 atom stereocenters. The molecule has 0 fully saturated rings. The monoisotopic (exact) mass is 300 g/mol. The van der Waals surface area contributed by atoms with Crippen LogP contribution in [0.25, 0.3) is 16.9 Å². The highest BCUT2D eigenvalue weighted by Crippen LogP contribution is 2.20. The fraction of sp³-hybridized carbons (Fsp3) is 0.0769. The quantitative estimate of drug-likeness (QED) is 0.321. The number of fused-ring (bicyclic) bond motifs is 1. The first-order valence-electron chi connectivity index (χ1n) is 6.18. The van der Waals surface area contributed by atoms with E-state index >= 15 is 0 Å². The maximum Gasteiger partial charge on any atom is 0.244 e. The first kappa shape index (κ1) is 13.5. The third-order valence-corrected chi connectivity index (χ3v) is 3.72. The Hall–Kier alpha value is -2.45. The van der Waals surface area contributed by atoms with Gasteiger partial charge in [-0.05, 0) is 12.1 Å². The van der Waals surface area contributed by atoms with Crippen LogP contribution in [0.15, 0.2) is 47.6 Å². The number of thioether (sulfide) groups is 1. The van der Waals surface area contributed by atoms with Crippen molar-refractivity contribution in [2.75, 3.05) is 5.75 Å². The Kier molecular flexibility index (Phi) is 3.80. The second-order valence-corrected chi connectivity index (χ2v) is 5.14. The molecule has 3 N–H and O–H groups in total. The van der Waals surface area contributed by atoms with E-state index < -0.39 is 0 Å². The SMILES string of the molecule is NNC(=O)CSc1nnc2ccc(-c3ccccc3)nn12. The molecule has 0 aliphatic heterocycles. The summed E-state index contributed by atoms with van der Waals surface area (Å²) in [5.41, 5.74) is 4.52. The molecular weight excluding hydrogens is 288 g/mol. The molecule has 0 bridgehead atoms. The first-order chi connectivity index (χ1) is 10.3. The van der Waals surface area contributed by atoms with Crippen molar-refractivity contribution >= 4 is 23.3 Å². The molecule has 7 nitrogen and oxygen atoms in total. The van der Waals surface area contributed by atoms with Crippen LogP contribution in [-0.4, -0.2) is 31.5 Å². The number of hydrazine groups is 1. The average Bonchev–Trinajstić information content (AvgIpc) is 2.95. The largest absolute Gasteiger partial charge is 0.294 e. The molecule has 106 valence electrons. The molecule has 0 saturated carbocycles. The van der Waals surface area contributed by atoms with E-state index in [1.807, 2.05) is 42.5 Å². The maximum atomic E-state index is 11.2. The molecule has 0 aliphatic rings. The van der Waals surface area contributed by atoms with Gasteiger partial charge in [0.05, 0.1) is 11.4 Å². The number of carbonyl (C=O) groups is 1. The van der Waals surface area contributed by atoms with Crippen molar-refractivity contribution in [2.24, 2.45) is 5.84 Å². The number of nitrogens with two attached hydrogens (primary N) is 1. The lowest BCUT2D eigenvalue weighted by molar-refractivity contribution is -0.118. The van der Waals surface area contributed by atoms with Gasteiger partial charge >= 0.3 is 0 Å². The average molecular weight is 300 g/mol. The predicted molar refractivity (Wildman–Crippen MR) is 79.3 cm³/mol. The van der Waals surface area contributed by atoms with Gasteiger partial charge in [0.1, 0.15) is 0 Å². The number of benzene rings is 1. The Morgan fingerprint density at radius 3 is 2.76 bits per heavy atom. The van der Waals surface area contributed by atoms with Gasteiger partial charge < -0.3 is 0 Å². The zero-order valence-electron chi connectivity index (χ0n) is 10.9. The first-order valence-corrected chi connectivity index (χ1v) is 7.16. The third kappa shape index (κ3) is 2.86. The summed E-state index contributed by atoms with van der Waals surface area (Å²) in [4.78, 5) is 11.2. The summed E-state index contributed by atoms with van der Waals surface area (Å²) in [6, 6.07) is 13.5. The highest BCUT2D eigenvalue weighted by atomic mass is 32.2. The van der Waals surface area contributed by atoms with Crippen molar-refractivity contribution < 1.29 is 4.79 Å². The van der Waals surface area contributed by atoms with Crippen molar-refractivity contribution in [1.82, 2.24) is 25.2 Å².